The fourth-order valence-corrected chi connectivity index (χ4v) is 2.42. The van der Waals surface area contributed by atoms with Crippen LogP contribution in [0.5, 0.6) is 0 Å². The molecule has 1 saturated heterocycles. The van der Waals surface area contributed by atoms with Gasteiger partial charge in [0, 0.05) is 37.1 Å². The highest BCUT2D eigenvalue weighted by Gasteiger charge is 2.32. The van der Waals surface area contributed by atoms with Gasteiger partial charge in [0.2, 0.25) is 5.91 Å². The number of hydrogen-bond acceptors (Lipinski definition) is 3. The molecule has 1 aliphatic heterocycles. The number of carbonyl (C=O) groups excluding carboxylic acids is 1. The van der Waals surface area contributed by atoms with Crippen molar-refractivity contribution in [3.8, 4) is 0 Å². The SMILES string of the molecule is CC(N)C(C)C(=O)NC1CCN(C2CC2)CC1.Cl.Cl. The fraction of sp³-hybridized carbons (Fsp3) is 0.923. The Kier molecular flexibility index (Phi) is 8.29. The van der Waals surface area contributed by atoms with E-state index in [9.17, 15) is 4.79 Å². The van der Waals surface area contributed by atoms with Crippen LogP contribution in [-0.4, -0.2) is 42.0 Å². The smallest absolute Gasteiger partial charge is 0.224 e. The number of likely N-dealkylation sites (tertiary alicyclic amines) is 1. The lowest BCUT2D eigenvalue weighted by Crippen LogP contribution is -2.48. The van der Waals surface area contributed by atoms with Crippen molar-refractivity contribution in [3.05, 3.63) is 0 Å². The minimum atomic E-state index is -0.0866. The molecule has 0 bridgehead atoms. The summed E-state index contributed by atoms with van der Waals surface area (Å²) in [6.45, 7) is 6.07. The lowest BCUT2D eigenvalue weighted by atomic mass is 10.0. The van der Waals surface area contributed by atoms with E-state index in [0.717, 1.165) is 32.0 Å². The predicted molar refractivity (Wildman–Crippen MR) is 83.1 cm³/mol. The van der Waals surface area contributed by atoms with E-state index in [1.54, 1.807) is 0 Å². The topological polar surface area (TPSA) is 58.4 Å². The Morgan fingerprint density at radius 2 is 1.68 bits per heavy atom. The average Bonchev–Trinajstić information content (AvgIpc) is 3.12. The number of carbonyl (C=O) groups is 1. The second-order valence-corrected chi connectivity index (χ2v) is 5.70. The van der Waals surface area contributed by atoms with Crippen molar-refractivity contribution in [2.24, 2.45) is 11.7 Å². The van der Waals surface area contributed by atoms with Gasteiger partial charge in [0.05, 0.1) is 0 Å². The van der Waals surface area contributed by atoms with Crippen LogP contribution in [0.4, 0.5) is 0 Å². The Hall–Kier alpha value is -0.0300. The van der Waals surface area contributed by atoms with E-state index in [2.05, 4.69) is 10.2 Å². The van der Waals surface area contributed by atoms with Gasteiger partial charge in [0.25, 0.3) is 0 Å². The van der Waals surface area contributed by atoms with Crippen molar-refractivity contribution in [3.63, 3.8) is 0 Å². The third-order valence-electron chi connectivity index (χ3n) is 4.14. The zero-order chi connectivity index (χ0) is 12.4. The van der Waals surface area contributed by atoms with Crippen molar-refractivity contribution in [1.29, 1.82) is 0 Å². The molecule has 2 atom stereocenters. The molecule has 0 radical (unpaired) electrons. The molecule has 4 nitrogen and oxygen atoms in total. The number of nitrogens with two attached hydrogens (primary N) is 1. The molecule has 6 heteroatoms. The molecule has 19 heavy (non-hydrogen) atoms. The molecule has 0 aromatic heterocycles. The lowest BCUT2D eigenvalue weighted by molar-refractivity contribution is -0.126. The van der Waals surface area contributed by atoms with Crippen LogP contribution in [-0.2, 0) is 4.79 Å². The van der Waals surface area contributed by atoms with Crippen LogP contribution in [0.2, 0.25) is 0 Å². The first-order chi connectivity index (χ1) is 8.08. The predicted octanol–water partition coefficient (Wildman–Crippen LogP) is 1.56. The van der Waals surface area contributed by atoms with Crippen LogP contribution >= 0.6 is 24.8 Å². The second kappa shape index (κ2) is 8.30. The summed E-state index contributed by atoms with van der Waals surface area (Å²) in [5.74, 6) is 0.0290. The minimum Gasteiger partial charge on any atom is -0.353 e. The van der Waals surface area contributed by atoms with Gasteiger partial charge in [-0.05, 0) is 32.6 Å². The van der Waals surface area contributed by atoms with Gasteiger partial charge in [-0.15, -0.1) is 24.8 Å². The summed E-state index contributed by atoms with van der Waals surface area (Å²) in [6, 6.07) is 1.15. The van der Waals surface area contributed by atoms with Crippen LogP contribution in [0.15, 0.2) is 0 Å². The van der Waals surface area contributed by atoms with Gasteiger partial charge < -0.3 is 16.0 Å². The van der Waals surface area contributed by atoms with E-state index >= 15 is 0 Å². The van der Waals surface area contributed by atoms with Gasteiger partial charge in [0.15, 0.2) is 0 Å². The first-order valence-corrected chi connectivity index (χ1v) is 6.88. The molecule has 3 N–H and O–H groups in total. The summed E-state index contributed by atoms with van der Waals surface area (Å²) in [5, 5.41) is 3.13. The molecule has 1 amide bonds. The third kappa shape index (κ3) is 5.46. The Balaban J connectivity index is 0.00000162. The largest absolute Gasteiger partial charge is 0.353 e. The zero-order valence-electron chi connectivity index (χ0n) is 11.8. The van der Waals surface area contributed by atoms with E-state index in [4.69, 9.17) is 5.73 Å². The maximum atomic E-state index is 11.9. The van der Waals surface area contributed by atoms with Crippen LogP contribution in [0.25, 0.3) is 0 Å². The highest BCUT2D eigenvalue weighted by Crippen LogP contribution is 2.29. The van der Waals surface area contributed by atoms with Crippen molar-refractivity contribution in [2.75, 3.05) is 13.1 Å². The number of nitrogens with zero attached hydrogens (tertiary/aromatic N) is 1. The van der Waals surface area contributed by atoms with Crippen LogP contribution in [0, 0.1) is 5.92 Å². The standard InChI is InChI=1S/C13H25N3O.2ClH/c1-9(10(2)14)13(17)15-11-5-7-16(8-6-11)12-3-4-12;;/h9-12H,3-8,14H2,1-2H3,(H,15,17);2*1H. The Morgan fingerprint density at radius 3 is 2.11 bits per heavy atom. The molecule has 2 unspecified atom stereocenters. The zero-order valence-corrected chi connectivity index (χ0v) is 13.4. The minimum absolute atomic E-state index is 0. The molecule has 0 aromatic rings. The summed E-state index contributed by atoms with van der Waals surface area (Å²) < 4.78 is 0. The van der Waals surface area contributed by atoms with Crippen molar-refractivity contribution >= 4 is 30.7 Å². The fourth-order valence-electron chi connectivity index (χ4n) is 2.42. The quantitative estimate of drug-likeness (QED) is 0.828. The number of halogens is 2. The number of amides is 1. The maximum absolute atomic E-state index is 11.9. The first kappa shape index (κ1) is 19.0. The first-order valence-electron chi connectivity index (χ1n) is 6.88. The van der Waals surface area contributed by atoms with E-state index in [0.29, 0.717) is 6.04 Å². The molecule has 2 rings (SSSR count). The summed E-state index contributed by atoms with van der Waals surface area (Å²) in [6.07, 6.45) is 4.93. The molecule has 0 spiro atoms. The summed E-state index contributed by atoms with van der Waals surface area (Å²) in [5.41, 5.74) is 5.74. The number of piperidine rings is 1. The average molecular weight is 312 g/mol. The van der Waals surface area contributed by atoms with Crippen LogP contribution in [0.3, 0.4) is 0 Å². The van der Waals surface area contributed by atoms with Crippen LogP contribution in [0.1, 0.15) is 39.5 Å². The van der Waals surface area contributed by atoms with Gasteiger partial charge in [0.1, 0.15) is 0 Å². The molecule has 2 aliphatic rings. The lowest BCUT2D eigenvalue weighted by Gasteiger charge is -2.33. The number of rotatable bonds is 4. The summed E-state index contributed by atoms with van der Waals surface area (Å²) in [7, 11) is 0. The Morgan fingerprint density at radius 1 is 1.16 bits per heavy atom. The molecule has 1 heterocycles. The molecule has 1 aliphatic carbocycles. The normalized spacial score (nSPS) is 23.7. The molecule has 1 saturated carbocycles. The van der Waals surface area contributed by atoms with Gasteiger partial charge in [-0.1, -0.05) is 6.92 Å². The summed E-state index contributed by atoms with van der Waals surface area (Å²) >= 11 is 0. The van der Waals surface area contributed by atoms with Crippen molar-refractivity contribution < 1.29 is 4.79 Å². The summed E-state index contributed by atoms with van der Waals surface area (Å²) in [4.78, 5) is 14.4. The number of nitrogens with one attached hydrogen (secondary N) is 1. The molecular weight excluding hydrogens is 285 g/mol. The van der Waals surface area contributed by atoms with E-state index in [-0.39, 0.29) is 42.7 Å². The molecule has 114 valence electrons. The van der Waals surface area contributed by atoms with Gasteiger partial charge in [-0.2, -0.15) is 0 Å². The highest BCUT2D eigenvalue weighted by atomic mass is 35.5. The van der Waals surface area contributed by atoms with Crippen molar-refractivity contribution in [1.82, 2.24) is 10.2 Å². The van der Waals surface area contributed by atoms with E-state index in [1.807, 2.05) is 13.8 Å². The molecule has 2 fully saturated rings. The molecule has 0 aromatic carbocycles. The Bertz CT molecular complexity index is 277. The third-order valence-corrected chi connectivity index (χ3v) is 4.14. The monoisotopic (exact) mass is 311 g/mol. The van der Waals surface area contributed by atoms with Gasteiger partial charge in [-0.3, -0.25) is 4.79 Å². The maximum Gasteiger partial charge on any atom is 0.224 e. The van der Waals surface area contributed by atoms with E-state index < -0.39 is 0 Å². The highest BCUT2D eigenvalue weighted by molar-refractivity contribution is 5.85. The number of hydrogen-bond donors (Lipinski definition) is 2. The van der Waals surface area contributed by atoms with Gasteiger partial charge >= 0.3 is 0 Å². The molecular formula is C13H27Cl2N3O. The van der Waals surface area contributed by atoms with E-state index in [1.165, 1.54) is 12.8 Å². The van der Waals surface area contributed by atoms with Crippen molar-refractivity contribution in [2.45, 2.75) is 57.7 Å². The van der Waals surface area contributed by atoms with Crippen LogP contribution < -0.4 is 11.1 Å². The Labute approximate surface area is 128 Å². The van der Waals surface area contributed by atoms with Gasteiger partial charge in [-0.25, -0.2) is 0 Å². The second-order valence-electron chi connectivity index (χ2n) is 5.70.